The molecule has 1 aliphatic rings. The van der Waals surface area contributed by atoms with Crippen LogP contribution < -0.4 is 0 Å². The maximum Gasteiger partial charge on any atom is 0.335 e. The number of benzene rings is 1. The van der Waals surface area contributed by atoms with E-state index in [1.54, 1.807) is 12.2 Å². The molecule has 1 aromatic carbocycles. The van der Waals surface area contributed by atoms with E-state index in [0.29, 0.717) is 12.0 Å². The number of rotatable bonds is 8. The van der Waals surface area contributed by atoms with Gasteiger partial charge in [0.1, 0.15) is 0 Å². The first-order valence-electron chi connectivity index (χ1n) is 7.72. The van der Waals surface area contributed by atoms with Gasteiger partial charge in [-0.25, -0.2) is 4.79 Å². The zero-order valence-corrected chi connectivity index (χ0v) is 13.4. The normalized spacial score (nSPS) is 18.7. The molecule has 1 aromatic rings. The zero-order chi connectivity index (χ0) is 16.7. The van der Waals surface area contributed by atoms with Crippen LogP contribution in [-0.4, -0.2) is 23.8 Å². The highest BCUT2D eigenvalue weighted by Gasteiger charge is 2.23. The second-order valence-electron chi connectivity index (χ2n) is 5.57. The molecule has 3 heteroatoms. The van der Waals surface area contributed by atoms with Crippen molar-refractivity contribution in [3.05, 3.63) is 77.4 Å². The largest absolute Gasteiger partial charge is 0.478 e. The molecule has 0 aliphatic carbocycles. The fourth-order valence-electron chi connectivity index (χ4n) is 2.23. The Bertz CT molecular complexity index is 647. The maximum atomic E-state index is 11.7. The minimum atomic E-state index is -0.919. The van der Waals surface area contributed by atoms with Crippen molar-refractivity contribution in [3.63, 3.8) is 0 Å². The Morgan fingerprint density at radius 3 is 2.65 bits per heavy atom. The molecule has 0 spiro atoms. The van der Waals surface area contributed by atoms with Crippen molar-refractivity contribution in [2.45, 2.75) is 25.9 Å². The Labute approximate surface area is 137 Å². The highest BCUT2D eigenvalue weighted by molar-refractivity contribution is 5.92. The summed E-state index contributed by atoms with van der Waals surface area (Å²) in [5, 5.41) is 9.59. The number of ether oxygens (including phenoxy) is 1. The third-order valence-corrected chi connectivity index (χ3v) is 3.68. The lowest BCUT2D eigenvalue weighted by Crippen LogP contribution is -2.03. The van der Waals surface area contributed by atoms with Crippen LogP contribution in [0.25, 0.3) is 6.08 Å². The van der Waals surface area contributed by atoms with Crippen LogP contribution in [0.1, 0.15) is 25.3 Å². The number of carbonyl (C=O) groups is 1. The molecule has 1 aliphatic heterocycles. The van der Waals surface area contributed by atoms with Crippen molar-refractivity contribution in [3.8, 4) is 0 Å². The third kappa shape index (κ3) is 5.72. The molecule has 1 fully saturated rings. The first kappa shape index (κ1) is 17.0. The molecule has 2 rings (SSSR count). The molecule has 1 N–H and O–H groups in total. The molecule has 0 radical (unpaired) electrons. The minimum Gasteiger partial charge on any atom is -0.478 e. The van der Waals surface area contributed by atoms with Gasteiger partial charge in [-0.3, -0.25) is 0 Å². The Balaban J connectivity index is 2.31. The number of carboxylic acid groups (broad SMARTS) is 1. The van der Waals surface area contributed by atoms with Crippen molar-refractivity contribution in [1.82, 2.24) is 0 Å². The van der Waals surface area contributed by atoms with Crippen LogP contribution in [0.2, 0.25) is 0 Å². The van der Waals surface area contributed by atoms with Crippen LogP contribution in [0, 0.1) is 0 Å². The molecule has 1 saturated heterocycles. The van der Waals surface area contributed by atoms with Crippen molar-refractivity contribution in [2.75, 3.05) is 6.61 Å². The molecule has 3 nitrogen and oxygen atoms in total. The molecule has 0 saturated carbocycles. The summed E-state index contributed by atoms with van der Waals surface area (Å²) in [7, 11) is 0. The molecular weight excluding hydrogens is 288 g/mol. The molecule has 1 atom stereocenters. The number of hydrogen-bond acceptors (Lipinski definition) is 2. The monoisotopic (exact) mass is 310 g/mol. The third-order valence-electron chi connectivity index (χ3n) is 3.68. The zero-order valence-electron chi connectivity index (χ0n) is 13.4. The fourth-order valence-corrected chi connectivity index (χ4v) is 2.23. The van der Waals surface area contributed by atoms with Crippen LogP contribution in [0.3, 0.4) is 0 Å². The summed E-state index contributed by atoms with van der Waals surface area (Å²) in [5.74, 6) is -0.919. The lowest BCUT2D eigenvalue weighted by molar-refractivity contribution is -0.132. The van der Waals surface area contributed by atoms with Gasteiger partial charge in [0.25, 0.3) is 0 Å². The summed E-state index contributed by atoms with van der Waals surface area (Å²) < 4.78 is 5.23. The van der Waals surface area contributed by atoms with Gasteiger partial charge < -0.3 is 9.84 Å². The molecule has 1 unspecified atom stereocenters. The number of allylic oxidation sites excluding steroid dienone is 4. The van der Waals surface area contributed by atoms with Gasteiger partial charge in [-0.15, -0.1) is 0 Å². The first-order chi connectivity index (χ1) is 11.1. The van der Waals surface area contributed by atoms with Gasteiger partial charge in [-0.1, -0.05) is 60.7 Å². The van der Waals surface area contributed by atoms with E-state index in [0.717, 1.165) is 29.7 Å². The van der Waals surface area contributed by atoms with Crippen molar-refractivity contribution >= 4 is 12.0 Å². The quantitative estimate of drug-likeness (QED) is 0.440. The number of hydrogen-bond donors (Lipinski definition) is 1. The summed E-state index contributed by atoms with van der Waals surface area (Å²) in [5.41, 5.74) is 3.04. The minimum absolute atomic E-state index is 0.274. The summed E-state index contributed by atoms with van der Waals surface area (Å²) in [6, 6.07) is 9.67. The molecule has 0 aromatic heterocycles. The number of epoxide rings is 1. The second kappa shape index (κ2) is 8.30. The number of carboxylic acids is 1. The Morgan fingerprint density at radius 2 is 2.09 bits per heavy atom. The van der Waals surface area contributed by atoms with Gasteiger partial charge in [0, 0.05) is 0 Å². The first-order valence-corrected chi connectivity index (χ1v) is 7.72. The van der Waals surface area contributed by atoms with E-state index < -0.39 is 5.97 Å². The van der Waals surface area contributed by atoms with Gasteiger partial charge in [-0.2, -0.15) is 0 Å². The lowest BCUT2D eigenvalue weighted by Gasteiger charge is -2.07. The van der Waals surface area contributed by atoms with Crippen LogP contribution in [-0.2, 0) is 9.53 Å². The van der Waals surface area contributed by atoms with Gasteiger partial charge in [0.2, 0.25) is 0 Å². The predicted octanol–water partition coefficient (Wildman–Crippen LogP) is 4.39. The van der Waals surface area contributed by atoms with Crippen LogP contribution in [0.5, 0.6) is 0 Å². The van der Waals surface area contributed by atoms with E-state index in [-0.39, 0.29) is 6.10 Å². The van der Waals surface area contributed by atoms with Gasteiger partial charge in [-0.05, 0) is 37.0 Å². The van der Waals surface area contributed by atoms with Crippen molar-refractivity contribution < 1.29 is 14.6 Å². The van der Waals surface area contributed by atoms with E-state index in [1.807, 2.05) is 49.4 Å². The topological polar surface area (TPSA) is 49.8 Å². The Hall–Kier alpha value is -2.39. The van der Waals surface area contributed by atoms with Crippen molar-refractivity contribution in [1.29, 1.82) is 0 Å². The predicted molar refractivity (Wildman–Crippen MR) is 93.1 cm³/mol. The van der Waals surface area contributed by atoms with Crippen LogP contribution in [0.4, 0.5) is 0 Å². The highest BCUT2D eigenvalue weighted by atomic mass is 16.6. The van der Waals surface area contributed by atoms with E-state index in [2.05, 4.69) is 6.58 Å². The molecule has 0 amide bonds. The molecule has 23 heavy (non-hydrogen) atoms. The Kier molecular flexibility index (Phi) is 6.12. The molecular formula is C20H22O3. The van der Waals surface area contributed by atoms with Crippen LogP contribution >= 0.6 is 0 Å². The standard InChI is InChI=1S/C20H22O3/c1-3-15(2)13-17(10-11-18-14-23-18)19(20(21)22)12-9-16-7-5-4-6-8-16/h3-9,12-13,18H,1,10-11,14H2,2H3,(H,21,22). The summed E-state index contributed by atoms with van der Waals surface area (Å²) >= 11 is 0. The van der Waals surface area contributed by atoms with E-state index in [9.17, 15) is 9.90 Å². The van der Waals surface area contributed by atoms with Gasteiger partial charge in [0.15, 0.2) is 0 Å². The average molecular weight is 310 g/mol. The Morgan fingerprint density at radius 1 is 1.39 bits per heavy atom. The van der Waals surface area contributed by atoms with E-state index >= 15 is 0 Å². The molecule has 0 bridgehead atoms. The summed E-state index contributed by atoms with van der Waals surface area (Å²) in [6.45, 7) is 6.43. The van der Waals surface area contributed by atoms with Crippen LogP contribution in [0.15, 0.2) is 71.9 Å². The van der Waals surface area contributed by atoms with E-state index in [4.69, 9.17) is 4.74 Å². The fraction of sp³-hybridized carbons (Fsp3) is 0.250. The van der Waals surface area contributed by atoms with Gasteiger partial charge >= 0.3 is 5.97 Å². The average Bonchev–Trinajstić information content (AvgIpc) is 3.37. The summed E-state index contributed by atoms with van der Waals surface area (Å²) in [4.78, 5) is 11.7. The van der Waals surface area contributed by atoms with Crippen molar-refractivity contribution in [2.24, 2.45) is 0 Å². The highest BCUT2D eigenvalue weighted by Crippen LogP contribution is 2.23. The smallest absolute Gasteiger partial charge is 0.335 e. The summed E-state index contributed by atoms with van der Waals surface area (Å²) in [6.07, 6.45) is 8.92. The SMILES string of the molecule is C=CC(C)=CC(CCC1CO1)=C(C=Cc1ccccc1)C(=O)O. The lowest BCUT2D eigenvalue weighted by atomic mass is 9.98. The molecule has 1 heterocycles. The second-order valence-corrected chi connectivity index (χ2v) is 5.57. The maximum absolute atomic E-state index is 11.7. The number of aliphatic carboxylic acids is 1. The van der Waals surface area contributed by atoms with Gasteiger partial charge in [0.05, 0.1) is 18.3 Å². The molecule has 120 valence electrons. The van der Waals surface area contributed by atoms with E-state index in [1.165, 1.54) is 0 Å².